The van der Waals surface area contributed by atoms with Gasteiger partial charge in [-0.05, 0) is 72.3 Å². The second-order valence-corrected chi connectivity index (χ2v) is 8.90. The number of nitrogens with zero attached hydrogens (tertiary/aromatic N) is 1. The van der Waals surface area contributed by atoms with Gasteiger partial charge in [-0.2, -0.15) is 0 Å². The van der Waals surface area contributed by atoms with Crippen molar-refractivity contribution in [3.05, 3.63) is 94.3 Å². The van der Waals surface area contributed by atoms with Gasteiger partial charge in [0.2, 0.25) is 0 Å². The van der Waals surface area contributed by atoms with Gasteiger partial charge in [-0.15, -0.1) is 0 Å². The van der Waals surface area contributed by atoms with Crippen LogP contribution in [0.2, 0.25) is 0 Å². The van der Waals surface area contributed by atoms with Crippen molar-refractivity contribution in [1.29, 1.82) is 0 Å². The molecule has 0 unspecified atom stereocenters. The van der Waals surface area contributed by atoms with Crippen LogP contribution in [0, 0.1) is 5.92 Å². The highest BCUT2D eigenvalue weighted by Gasteiger charge is 2.18. The van der Waals surface area contributed by atoms with Crippen LogP contribution >= 0.6 is 0 Å². The number of hydrogen-bond acceptors (Lipinski definition) is 5. The van der Waals surface area contributed by atoms with Crippen molar-refractivity contribution in [2.45, 2.75) is 32.7 Å². The smallest absolute Gasteiger partial charge is 0.320 e. The van der Waals surface area contributed by atoms with E-state index in [4.69, 9.17) is 10.5 Å². The lowest BCUT2D eigenvalue weighted by Gasteiger charge is -2.17. The Kier molecular flexibility index (Phi) is 8.49. The Morgan fingerprint density at radius 3 is 2.31 bits per heavy atom. The van der Waals surface area contributed by atoms with Crippen molar-refractivity contribution in [1.82, 2.24) is 9.88 Å². The molecule has 1 heterocycles. The van der Waals surface area contributed by atoms with Crippen molar-refractivity contribution in [2.24, 2.45) is 5.92 Å². The molecular formula is C28H33N3O4. The van der Waals surface area contributed by atoms with E-state index in [0.717, 1.165) is 16.9 Å². The van der Waals surface area contributed by atoms with Gasteiger partial charge in [-0.3, -0.25) is 14.2 Å². The van der Waals surface area contributed by atoms with E-state index in [0.29, 0.717) is 47.9 Å². The number of carbonyl (C=O) groups is 1. The molecular weight excluding hydrogens is 442 g/mol. The second-order valence-electron chi connectivity index (χ2n) is 8.90. The van der Waals surface area contributed by atoms with Crippen LogP contribution < -0.4 is 21.3 Å². The van der Waals surface area contributed by atoms with E-state index >= 15 is 0 Å². The Hall–Kier alpha value is -3.84. The molecule has 4 N–H and O–H groups in total. The number of methoxy groups -OCH3 is 1. The molecule has 1 atom stereocenters. The van der Waals surface area contributed by atoms with Gasteiger partial charge in [0.15, 0.2) is 0 Å². The standard InChI is InChI=1S/C28H33N3O4/c1-18(2)17-25(28(33)34)30-16-15-20-5-9-22(10-6-20)31-26(32)14-13-24(27(31)29)19(3)21-7-11-23(35-4)12-8-21/h5-14,18,25,30H,3,15-17,29H2,1-2,4H3,(H,33,34)/t25-/m0/s1. The van der Waals surface area contributed by atoms with Gasteiger partial charge in [0.1, 0.15) is 17.6 Å². The molecule has 2 aromatic carbocycles. The summed E-state index contributed by atoms with van der Waals surface area (Å²) in [5.74, 6) is 0.516. The van der Waals surface area contributed by atoms with E-state index in [-0.39, 0.29) is 5.56 Å². The van der Waals surface area contributed by atoms with Crippen LogP contribution in [0.1, 0.15) is 37.0 Å². The van der Waals surface area contributed by atoms with E-state index in [1.165, 1.54) is 10.6 Å². The molecule has 3 aromatic rings. The topological polar surface area (TPSA) is 107 Å². The van der Waals surface area contributed by atoms with Gasteiger partial charge >= 0.3 is 5.97 Å². The molecule has 0 aliphatic carbocycles. The molecule has 0 aliphatic heterocycles. The summed E-state index contributed by atoms with van der Waals surface area (Å²) in [4.78, 5) is 24.1. The maximum Gasteiger partial charge on any atom is 0.320 e. The number of aromatic nitrogens is 1. The Morgan fingerprint density at radius 2 is 1.74 bits per heavy atom. The zero-order valence-electron chi connectivity index (χ0n) is 20.5. The van der Waals surface area contributed by atoms with Crippen molar-refractivity contribution in [3.8, 4) is 11.4 Å². The van der Waals surface area contributed by atoms with Crippen LogP contribution in [0.15, 0.2) is 72.0 Å². The van der Waals surface area contributed by atoms with E-state index in [1.54, 1.807) is 13.2 Å². The number of aliphatic carboxylic acids is 1. The third-order valence-corrected chi connectivity index (χ3v) is 5.90. The fourth-order valence-electron chi connectivity index (χ4n) is 3.97. The van der Waals surface area contributed by atoms with Crippen molar-refractivity contribution < 1.29 is 14.6 Å². The van der Waals surface area contributed by atoms with E-state index < -0.39 is 12.0 Å². The molecule has 0 spiro atoms. The van der Waals surface area contributed by atoms with Gasteiger partial charge in [-0.1, -0.05) is 44.7 Å². The minimum atomic E-state index is -0.833. The largest absolute Gasteiger partial charge is 0.497 e. The normalized spacial score (nSPS) is 11.9. The average Bonchev–Trinajstić information content (AvgIpc) is 2.84. The van der Waals surface area contributed by atoms with Crippen LogP contribution in [0.4, 0.5) is 5.82 Å². The van der Waals surface area contributed by atoms with Gasteiger partial charge in [0.05, 0.1) is 12.8 Å². The van der Waals surface area contributed by atoms with Crippen LogP contribution in [0.5, 0.6) is 5.75 Å². The average molecular weight is 476 g/mol. The number of rotatable bonds is 11. The number of nitrogens with one attached hydrogen (secondary N) is 1. The maximum atomic E-state index is 12.7. The number of carboxylic acids is 1. The first-order valence-electron chi connectivity index (χ1n) is 11.6. The summed E-state index contributed by atoms with van der Waals surface area (Å²) in [6.07, 6.45) is 1.25. The quantitative estimate of drug-likeness (QED) is 0.385. The maximum absolute atomic E-state index is 12.7. The van der Waals surface area contributed by atoms with Crippen molar-refractivity contribution in [2.75, 3.05) is 19.4 Å². The molecule has 1 aromatic heterocycles. The van der Waals surface area contributed by atoms with Crippen LogP contribution in [-0.2, 0) is 11.2 Å². The molecule has 0 amide bonds. The number of nitrogens with two attached hydrogens (primary N) is 1. The Labute approximate surface area is 205 Å². The summed E-state index contributed by atoms with van der Waals surface area (Å²) in [7, 11) is 1.61. The summed E-state index contributed by atoms with van der Waals surface area (Å²) in [5, 5.41) is 12.5. The molecule has 3 rings (SSSR count). The summed E-state index contributed by atoms with van der Waals surface area (Å²) < 4.78 is 6.68. The number of hydrogen-bond donors (Lipinski definition) is 3. The number of carboxylic acid groups (broad SMARTS) is 1. The van der Waals surface area contributed by atoms with Gasteiger partial charge in [0, 0.05) is 11.6 Å². The fourth-order valence-corrected chi connectivity index (χ4v) is 3.97. The molecule has 0 saturated heterocycles. The van der Waals surface area contributed by atoms with Gasteiger partial charge in [-0.25, -0.2) is 0 Å². The Balaban J connectivity index is 1.77. The fraction of sp³-hybridized carbons (Fsp3) is 0.286. The number of pyridine rings is 1. The monoisotopic (exact) mass is 475 g/mol. The van der Waals surface area contributed by atoms with E-state index in [9.17, 15) is 14.7 Å². The summed E-state index contributed by atoms with van der Waals surface area (Å²) in [5.41, 5.74) is 10.1. The molecule has 0 bridgehead atoms. The van der Waals surface area contributed by atoms with Crippen LogP contribution in [0.25, 0.3) is 11.3 Å². The van der Waals surface area contributed by atoms with Crippen molar-refractivity contribution >= 4 is 17.4 Å². The number of anilines is 1. The molecule has 35 heavy (non-hydrogen) atoms. The Morgan fingerprint density at radius 1 is 1.09 bits per heavy atom. The SMILES string of the molecule is C=C(c1ccc(OC)cc1)c1ccc(=O)n(-c2ccc(CCN[C@@H](CC(C)C)C(=O)O)cc2)c1N. The highest BCUT2D eigenvalue weighted by Crippen LogP contribution is 2.28. The third-order valence-electron chi connectivity index (χ3n) is 5.90. The highest BCUT2D eigenvalue weighted by atomic mass is 16.5. The van der Waals surface area contributed by atoms with E-state index in [2.05, 4.69) is 11.9 Å². The van der Waals surface area contributed by atoms with E-state index in [1.807, 2.05) is 62.4 Å². The minimum Gasteiger partial charge on any atom is -0.497 e. The minimum absolute atomic E-state index is 0.235. The van der Waals surface area contributed by atoms with Crippen molar-refractivity contribution in [3.63, 3.8) is 0 Å². The molecule has 7 heteroatoms. The number of nitrogen functional groups attached to an aromatic ring is 1. The summed E-state index contributed by atoms with van der Waals surface area (Å²) in [6.45, 7) is 8.74. The predicted molar refractivity (Wildman–Crippen MR) is 140 cm³/mol. The van der Waals surface area contributed by atoms with Gasteiger partial charge < -0.3 is 20.9 Å². The first kappa shape index (κ1) is 25.8. The molecule has 0 fully saturated rings. The predicted octanol–water partition coefficient (Wildman–Crippen LogP) is 4.12. The second kappa shape index (κ2) is 11.5. The third kappa shape index (κ3) is 6.39. The lowest BCUT2D eigenvalue weighted by molar-refractivity contribution is -0.139. The zero-order chi connectivity index (χ0) is 25.5. The summed E-state index contributed by atoms with van der Waals surface area (Å²) >= 11 is 0. The molecule has 184 valence electrons. The Bertz CT molecular complexity index is 1230. The van der Waals surface area contributed by atoms with Crippen LogP contribution in [0.3, 0.4) is 0 Å². The number of benzene rings is 2. The molecule has 7 nitrogen and oxygen atoms in total. The molecule has 0 aliphatic rings. The number of ether oxygens (including phenoxy) is 1. The molecule has 0 saturated carbocycles. The summed E-state index contributed by atoms with van der Waals surface area (Å²) in [6, 6.07) is 17.6. The lowest BCUT2D eigenvalue weighted by Crippen LogP contribution is -2.38. The molecule has 0 radical (unpaired) electrons. The first-order valence-corrected chi connectivity index (χ1v) is 11.6. The van der Waals surface area contributed by atoms with Crippen LogP contribution in [-0.4, -0.2) is 35.3 Å². The van der Waals surface area contributed by atoms with Gasteiger partial charge in [0.25, 0.3) is 5.56 Å². The highest BCUT2D eigenvalue weighted by molar-refractivity contribution is 5.83. The lowest BCUT2D eigenvalue weighted by atomic mass is 10.00. The first-order chi connectivity index (χ1) is 16.7. The zero-order valence-corrected chi connectivity index (χ0v) is 20.5.